The minimum atomic E-state index is -0.0935. The Labute approximate surface area is 198 Å². The van der Waals surface area contributed by atoms with E-state index in [1.807, 2.05) is 0 Å². The van der Waals surface area contributed by atoms with E-state index in [1.165, 1.54) is 51.4 Å². The van der Waals surface area contributed by atoms with Gasteiger partial charge in [0.1, 0.15) is 0 Å². The van der Waals surface area contributed by atoms with Gasteiger partial charge in [-0.1, -0.05) is 90.9 Å². The van der Waals surface area contributed by atoms with Crippen LogP contribution < -0.4 is 0 Å². The van der Waals surface area contributed by atoms with Gasteiger partial charge in [0.25, 0.3) is 0 Å². The summed E-state index contributed by atoms with van der Waals surface area (Å²) in [5.41, 5.74) is 0. The lowest BCUT2D eigenvalue weighted by Gasteiger charge is -2.11. The number of methoxy groups -OCH3 is 1. The molecule has 0 saturated carbocycles. The average Bonchev–Trinajstić information content (AvgIpc) is 2.79. The van der Waals surface area contributed by atoms with Gasteiger partial charge in [0.15, 0.2) is 0 Å². The van der Waals surface area contributed by atoms with E-state index in [-0.39, 0.29) is 11.9 Å². The first-order chi connectivity index (χ1) is 15.6. The highest BCUT2D eigenvalue weighted by Crippen LogP contribution is 2.12. The molecule has 0 N–H and O–H groups in total. The van der Waals surface area contributed by atoms with Crippen LogP contribution in [-0.4, -0.2) is 38.9 Å². The molecule has 0 spiro atoms. The Kier molecular flexibility index (Phi) is 23.7. The molecule has 32 heavy (non-hydrogen) atoms. The van der Waals surface area contributed by atoms with Crippen molar-refractivity contribution in [3.05, 3.63) is 0 Å². The molecule has 0 amide bonds. The van der Waals surface area contributed by atoms with Gasteiger partial charge in [-0.25, -0.2) is 0 Å². The zero-order valence-corrected chi connectivity index (χ0v) is 21.5. The summed E-state index contributed by atoms with van der Waals surface area (Å²) in [6.07, 6.45) is 19.5. The number of hydrogen-bond acceptors (Lipinski definition) is 5. The Morgan fingerprint density at radius 1 is 0.625 bits per heavy atom. The molecule has 0 heterocycles. The zero-order valence-electron chi connectivity index (χ0n) is 21.5. The monoisotopic (exact) mass is 456 g/mol. The van der Waals surface area contributed by atoms with Gasteiger partial charge in [0.05, 0.1) is 13.2 Å². The number of unbranched alkanes of at least 4 members (excludes halogenated alkanes) is 13. The van der Waals surface area contributed by atoms with Crippen molar-refractivity contribution in [2.24, 2.45) is 5.92 Å². The first-order valence-corrected chi connectivity index (χ1v) is 13.4. The Morgan fingerprint density at radius 2 is 1.09 bits per heavy atom. The van der Waals surface area contributed by atoms with Crippen LogP contribution in [0, 0.1) is 5.92 Å². The normalized spacial score (nSPS) is 12.0. The highest BCUT2D eigenvalue weighted by Gasteiger charge is 2.07. The van der Waals surface area contributed by atoms with Crippen molar-refractivity contribution in [3.8, 4) is 0 Å². The second kappa shape index (κ2) is 24.5. The summed E-state index contributed by atoms with van der Waals surface area (Å²) in [6, 6.07) is 0. The SMILES string of the molecule is CCCCCCCCCCCOC(=O)CCCCCCCCC(=O)OCC(C)CCOC. The Bertz CT molecular complexity index is 424. The molecule has 1 unspecified atom stereocenters. The van der Waals surface area contributed by atoms with Crippen LogP contribution in [0.2, 0.25) is 0 Å². The van der Waals surface area contributed by atoms with Crippen molar-refractivity contribution in [2.75, 3.05) is 26.9 Å². The Balaban J connectivity index is 3.31. The molecule has 0 aliphatic carbocycles. The smallest absolute Gasteiger partial charge is 0.305 e. The maximum atomic E-state index is 11.8. The summed E-state index contributed by atoms with van der Waals surface area (Å²) >= 11 is 0. The molecule has 1 atom stereocenters. The van der Waals surface area contributed by atoms with Crippen molar-refractivity contribution in [1.82, 2.24) is 0 Å². The molecule has 0 aliphatic rings. The molecular weight excluding hydrogens is 404 g/mol. The lowest BCUT2D eigenvalue weighted by atomic mass is 10.1. The lowest BCUT2D eigenvalue weighted by molar-refractivity contribution is -0.145. The second-order valence-corrected chi connectivity index (χ2v) is 9.24. The number of carbonyl (C=O) groups excluding carboxylic acids is 2. The number of esters is 2. The van der Waals surface area contributed by atoms with E-state index < -0.39 is 0 Å². The quantitative estimate of drug-likeness (QED) is 0.112. The van der Waals surface area contributed by atoms with E-state index in [2.05, 4.69) is 13.8 Å². The maximum absolute atomic E-state index is 11.8. The van der Waals surface area contributed by atoms with Gasteiger partial charge in [-0.2, -0.15) is 0 Å². The summed E-state index contributed by atoms with van der Waals surface area (Å²) < 4.78 is 15.7. The van der Waals surface area contributed by atoms with Gasteiger partial charge in [-0.3, -0.25) is 9.59 Å². The molecule has 5 heteroatoms. The zero-order chi connectivity index (χ0) is 23.7. The summed E-state index contributed by atoms with van der Waals surface area (Å²) in [4.78, 5) is 23.5. The molecule has 5 nitrogen and oxygen atoms in total. The fourth-order valence-corrected chi connectivity index (χ4v) is 3.63. The van der Waals surface area contributed by atoms with Gasteiger partial charge in [0, 0.05) is 26.6 Å². The first kappa shape index (κ1) is 30.9. The number of hydrogen-bond donors (Lipinski definition) is 0. The standard InChI is InChI=1S/C27H52O5/c1-4-5-6-7-8-9-12-15-18-22-31-26(28)19-16-13-10-11-14-17-20-27(29)32-24-25(2)21-23-30-3/h25H,4-24H2,1-3H3. The van der Waals surface area contributed by atoms with Gasteiger partial charge < -0.3 is 14.2 Å². The van der Waals surface area contributed by atoms with Crippen molar-refractivity contribution >= 4 is 11.9 Å². The average molecular weight is 457 g/mol. The van der Waals surface area contributed by atoms with E-state index in [4.69, 9.17) is 14.2 Å². The lowest BCUT2D eigenvalue weighted by Crippen LogP contribution is -2.13. The third-order valence-corrected chi connectivity index (χ3v) is 5.87. The Morgan fingerprint density at radius 3 is 1.62 bits per heavy atom. The van der Waals surface area contributed by atoms with Crippen LogP contribution in [-0.2, 0) is 23.8 Å². The Hall–Kier alpha value is -1.10. The summed E-state index contributed by atoms with van der Waals surface area (Å²) in [5, 5.41) is 0. The fourth-order valence-electron chi connectivity index (χ4n) is 3.63. The van der Waals surface area contributed by atoms with Gasteiger partial charge in [0.2, 0.25) is 0 Å². The molecule has 0 aliphatic heterocycles. The van der Waals surface area contributed by atoms with Gasteiger partial charge in [-0.05, 0) is 31.6 Å². The predicted octanol–water partition coefficient (Wildman–Crippen LogP) is 7.40. The van der Waals surface area contributed by atoms with Crippen LogP contribution in [0.1, 0.15) is 129 Å². The van der Waals surface area contributed by atoms with Crippen LogP contribution in [0.3, 0.4) is 0 Å². The molecule has 0 aromatic rings. The highest BCUT2D eigenvalue weighted by molar-refractivity contribution is 5.69. The maximum Gasteiger partial charge on any atom is 0.305 e. The molecule has 0 rings (SSSR count). The number of carbonyl (C=O) groups is 2. The second-order valence-electron chi connectivity index (χ2n) is 9.24. The minimum Gasteiger partial charge on any atom is -0.466 e. The first-order valence-electron chi connectivity index (χ1n) is 13.4. The van der Waals surface area contributed by atoms with Crippen molar-refractivity contribution in [3.63, 3.8) is 0 Å². The molecule has 0 radical (unpaired) electrons. The molecule has 190 valence electrons. The van der Waals surface area contributed by atoms with E-state index in [1.54, 1.807) is 7.11 Å². The fraction of sp³-hybridized carbons (Fsp3) is 0.926. The summed E-state index contributed by atoms with van der Waals surface area (Å²) in [7, 11) is 1.68. The van der Waals surface area contributed by atoms with Crippen molar-refractivity contribution in [2.45, 2.75) is 129 Å². The van der Waals surface area contributed by atoms with Crippen LogP contribution in [0.4, 0.5) is 0 Å². The van der Waals surface area contributed by atoms with Crippen LogP contribution in [0.25, 0.3) is 0 Å². The van der Waals surface area contributed by atoms with E-state index in [0.29, 0.717) is 38.6 Å². The molecule has 0 aromatic heterocycles. The number of ether oxygens (including phenoxy) is 3. The summed E-state index contributed by atoms with van der Waals surface area (Å²) in [6.45, 7) is 6.08. The van der Waals surface area contributed by atoms with Crippen molar-refractivity contribution < 1.29 is 23.8 Å². The topological polar surface area (TPSA) is 61.8 Å². The van der Waals surface area contributed by atoms with E-state index >= 15 is 0 Å². The minimum absolute atomic E-state index is 0.0490. The third kappa shape index (κ3) is 23.6. The van der Waals surface area contributed by atoms with Crippen LogP contribution in [0.15, 0.2) is 0 Å². The van der Waals surface area contributed by atoms with E-state index in [9.17, 15) is 9.59 Å². The molecule has 0 saturated heterocycles. The van der Waals surface area contributed by atoms with Crippen molar-refractivity contribution in [1.29, 1.82) is 0 Å². The summed E-state index contributed by atoms with van der Waals surface area (Å²) in [5.74, 6) is 0.201. The number of rotatable bonds is 24. The van der Waals surface area contributed by atoms with Gasteiger partial charge >= 0.3 is 11.9 Å². The van der Waals surface area contributed by atoms with E-state index in [0.717, 1.165) is 51.4 Å². The molecule has 0 fully saturated rings. The largest absolute Gasteiger partial charge is 0.466 e. The third-order valence-electron chi connectivity index (χ3n) is 5.87. The molecule has 0 aromatic carbocycles. The van der Waals surface area contributed by atoms with Crippen LogP contribution in [0.5, 0.6) is 0 Å². The predicted molar refractivity (Wildman–Crippen MR) is 132 cm³/mol. The van der Waals surface area contributed by atoms with Crippen LogP contribution >= 0.6 is 0 Å². The molecule has 0 bridgehead atoms. The molecular formula is C27H52O5. The highest BCUT2D eigenvalue weighted by atomic mass is 16.5. The van der Waals surface area contributed by atoms with Gasteiger partial charge in [-0.15, -0.1) is 0 Å².